The molecule has 5 heteroatoms. The average Bonchev–Trinajstić information content (AvgIpc) is 2.87. The Bertz CT molecular complexity index is 397. The summed E-state index contributed by atoms with van der Waals surface area (Å²) in [6.45, 7) is 4.24. The molecule has 3 rings (SSSR count). The Labute approximate surface area is 108 Å². The number of hydrogen-bond donors (Lipinski definition) is 1. The molecule has 0 saturated heterocycles. The number of nitrogens with zero attached hydrogens (tertiary/aromatic N) is 4. The van der Waals surface area contributed by atoms with Crippen molar-refractivity contribution >= 4 is 0 Å². The van der Waals surface area contributed by atoms with Crippen molar-refractivity contribution in [3.8, 4) is 0 Å². The molecule has 0 bridgehead atoms. The van der Waals surface area contributed by atoms with Crippen LogP contribution in [0.1, 0.15) is 37.9 Å². The number of hydrogen-bond acceptors (Lipinski definition) is 4. The smallest absolute Gasteiger partial charge is 0.147 e. The summed E-state index contributed by atoms with van der Waals surface area (Å²) in [6, 6.07) is 0. The van der Waals surface area contributed by atoms with E-state index in [-0.39, 0.29) is 5.41 Å². The third-order valence-electron chi connectivity index (χ3n) is 4.53. The second kappa shape index (κ2) is 4.97. The molecule has 1 aliphatic heterocycles. The van der Waals surface area contributed by atoms with Gasteiger partial charge in [-0.15, -0.1) is 10.2 Å². The average molecular weight is 250 g/mol. The topological polar surface area (TPSA) is 54.2 Å². The summed E-state index contributed by atoms with van der Waals surface area (Å²) >= 11 is 0. The van der Waals surface area contributed by atoms with Gasteiger partial charge in [-0.05, 0) is 12.8 Å². The minimum absolute atomic E-state index is 0.139. The first-order valence-corrected chi connectivity index (χ1v) is 7.01. The Morgan fingerprint density at radius 3 is 2.83 bits per heavy atom. The Morgan fingerprint density at radius 2 is 2.06 bits per heavy atom. The lowest BCUT2D eigenvalue weighted by Crippen LogP contribution is -2.44. The van der Waals surface area contributed by atoms with Gasteiger partial charge in [0.05, 0.1) is 6.54 Å². The Kier molecular flexibility index (Phi) is 3.35. The second-order valence-electron chi connectivity index (χ2n) is 5.87. The van der Waals surface area contributed by atoms with Crippen LogP contribution in [0.3, 0.4) is 0 Å². The summed E-state index contributed by atoms with van der Waals surface area (Å²) in [5.74, 6) is 1.06. The third-order valence-corrected chi connectivity index (χ3v) is 4.53. The largest absolute Gasteiger partial charge is 0.396 e. The van der Waals surface area contributed by atoms with Crippen molar-refractivity contribution < 1.29 is 5.11 Å². The Balaban J connectivity index is 1.66. The lowest BCUT2D eigenvalue weighted by atomic mass is 9.74. The molecule has 18 heavy (non-hydrogen) atoms. The molecule has 1 fully saturated rings. The summed E-state index contributed by atoms with van der Waals surface area (Å²) < 4.78 is 2.13. The lowest BCUT2D eigenvalue weighted by molar-refractivity contribution is 0.0309. The molecule has 1 saturated carbocycles. The van der Waals surface area contributed by atoms with Gasteiger partial charge in [-0.25, -0.2) is 0 Å². The zero-order valence-electron chi connectivity index (χ0n) is 10.9. The molecule has 1 N–H and O–H groups in total. The molecular weight excluding hydrogens is 228 g/mol. The van der Waals surface area contributed by atoms with Crippen LogP contribution in [-0.4, -0.2) is 44.5 Å². The van der Waals surface area contributed by atoms with E-state index in [0.29, 0.717) is 6.61 Å². The fraction of sp³-hybridized carbons (Fsp3) is 0.846. The van der Waals surface area contributed by atoms with Crippen molar-refractivity contribution in [3.05, 3.63) is 12.2 Å². The van der Waals surface area contributed by atoms with Crippen LogP contribution in [0.4, 0.5) is 0 Å². The van der Waals surface area contributed by atoms with Crippen molar-refractivity contribution in [3.63, 3.8) is 0 Å². The summed E-state index contributed by atoms with van der Waals surface area (Å²) in [5, 5.41) is 17.9. The van der Waals surface area contributed by atoms with E-state index in [0.717, 1.165) is 32.0 Å². The predicted octanol–water partition coefficient (Wildman–Crippen LogP) is 1.04. The Morgan fingerprint density at radius 1 is 1.22 bits per heavy atom. The molecular formula is C13H22N4O. The number of rotatable bonds is 3. The van der Waals surface area contributed by atoms with Gasteiger partial charge in [0.15, 0.2) is 0 Å². The Hall–Kier alpha value is -0.940. The number of aromatic nitrogens is 3. The number of aliphatic hydroxyl groups excluding tert-OH is 1. The van der Waals surface area contributed by atoms with Crippen molar-refractivity contribution in [1.29, 1.82) is 0 Å². The lowest BCUT2D eigenvalue weighted by Gasteiger charge is -2.40. The maximum atomic E-state index is 9.77. The van der Waals surface area contributed by atoms with Crippen molar-refractivity contribution in [1.82, 2.24) is 19.7 Å². The van der Waals surface area contributed by atoms with Crippen LogP contribution in [0.2, 0.25) is 0 Å². The molecule has 0 aromatic carbocycles. The maximum absolute atomic E-state index is 9.77. The minimum Gasteiger partial charge on any atom is -0.396 e. The van der Waals surface area contributed by atoms with Gasteiger partial charge in [-0.3, -0.25) is 4.90 Å². The quantitative estimate of drug-likeness (QED) is 0.871. The molecule has 0 spiro atoms. The highest BCUT2D eigenvalue weighted by atomic mass is 16.3. The predicted molar refractivity (Wildman–Crippen MR) is 67.9 cm³/mol. The van der Waals surface area contributed by atoms with Crippen molar-refractivity contribution in [2.45, 2.75) is 45.2 Å². The van der Waals surface area contributed by atoms with E-state index >= 15 is 0 Å². The highest BCUT2D eigenvalue weighted by Gasteiger charge is 2.34. The SMILES string of the molecule is OCC1(CN2CCn3cnnc3C2)CCCCC1. The maximum Gasteiger partial charge on any atom is 0.147 e. The van der Waals surface area contributed by atoms with Crippen LogP contribution >= 0.6 is 0 Å². The zero-order valence-corrected chi connectivity index (χ0v) is 10.9. The van der Waals surface area contributed by atoms with Gasteiger partial charge < -0.3 is 9.67 Å². The fourth-order valence-electron chi connectivity index (χ4n) is 3.39. The number of aliphatic hydroxyl groups is 1. The van der Waals surface area contributed by atoms with Crippen LogP contribution in [-0.2, 0) is 13.1 Å². The van der Waals surface area contributed by atoms with E-state index < -0.39 is 0 Å². The van der Waals surface area contributed by atoms with Gasteiger partial charge in [-0.2, -0.15) is 0 Å². The van der Waals surface area contributed by atoms with Crippen LogP contribution in [0.5, 0.6) is 0 Å². The van der Waals surface area contributed by atoms with E-state index in [1.54, 1.807) is 0 Å². The minimum atomic E-state index is 0.139. The zero-order chi connectivity index (χ0) is 12.4. The third kappa shape index (κ3) is 2.29. The standard InChI is InChI=1S/C13H22N4O/c18-10-13(4-2-1-3-5-13)9-16-6-7-17-11-14-15-12(17)8-16/h11,18H,1-10H2. The van der Waals surface area contributed by atoms with Gasteiger partial charge in [0, 0.05) is 31.7 Å². The molecule has 2 aliphatic rings. The molecule has 1 aliphatic carbocycles. The monoisotopic (exact) mass is 250 g/mol. The highest BCUT2D eigenvalue weighted by Crippen LogP contribution is 2.37. The van der Waals surface area contributed by atoms with Crippen molar-refractivity contribution in [2.24, 2.45) is 5.41 Å². The van der Waals surface area contributed by atoms with Crippen LogP contribution in [0.15, 0.2) is 6.33 Å². The molecule has 0 unspecified atom stereocenters. The molecule has 1 aromatic heterocycles. The van der Waals surface area contributed by atoms with Crippen LogP contribution < -0.4 is 0 Å². The summed E-state index contributed by atoms with van der Waals surface area (Å²) in [4.78, 5) is 2.44. The van der Waals surface area contributed by atoms with E-state index in [1.165, 1.54) is 32.1 Å². The normalized spacial score (nSPS) is 23.8. The van der Waals surface area contributed by atoms with Gasteiger partial charge in [-0.1, -0.05) is 19.3 Å². The molecule has 0 amide bonds. The van der Waals surface area contributed by atoms with E-state index in [9.17, 15) is 5.11 Å². The summed E-state index contributed by atoms with van der Waals surface area (Å²) in [6.07, 6.45) is 8.03. The molecule has 0 radical (unpaired) electrons. The van der Waals surface area contributed by atoms with Gasteiger partial charge >= 0.3 is 0 Å². The molecule has 2 heterocycles. The molecule has 0 atom stereocenters. The van der Waals surface area contributed by atoms with Crippen LogP contribution in [0.25, 0.3) is 0 Å². The first-order chi connectivity index (χ1) is 8.81. The van der Waals surface area contributed by atoms with E-state index in [1.807, 2.05) is 6.33 Å². The van der Waals surface area contributed by atoms with Gasteiger partial charge in [0.1, 0.15) is 12.2 Å². The first-order valence-electron chi connectivity index (χ1n) is 7.01. The van der Waals surface area contributed by atoms with Crippen molar-refractivity contribution in [2.75, 3.05) is 19.7 Å². The summed E-state index contributed by atoms with van der Waals surface area (Å²) in [5.41, 5.74) is 0.139. The van der Waals surface area contributed by atoms with Gasteiger partial charge in [0.2, 0.25) is 0 Å². The molecule has 1 aromatic rings. The molecule has 5 nitrogen and oxygen atoms in total. The van der Waals surface area contributed by atoms with Gasteiger partial charge in [0.25, 0.3) is 0 Å². The van der Waals surface area contributed by atoms with E-state index in [2.05, 4.69) is 19.7 Å². The first kappa shape index (κ1) is 12.1. The second-order valence-corrected chi connectivity index (χ2v) is 5.87. The fourth-order valence-corrected chi connectivity index (χ4v) is 3.39. The number of fused-ring (bicyclic) bond motifs is 1. The summed E-state index contributed by atoms with van der Waals surface area (Å²) in [7, 11) is 0. The molecule has 100 valence electrons. The highest BCUT2D eigenvalue weighted by molar-refractivity contribution is 4.93. The van der Waals surface area contributed by atoms with Crippen LogP contribution in [0, 0.1) is 5.41 Å². The van der Waals surface area contributed by atoms with E-state index in [4.69, 9.17) is 0 Å².